The Balaban J connectivity index is 1.49. The molecular formula is C20H19N3O5. The molecule has 0 fully saturated rings. The number of hydrogen-bond donors (Lipinski definition) is 1. The van der Waals surface area contributed by atoms with Crippen LogP contribution in [0.25, 0.3) is 11.5 Å². The molecule has 0 radical (unpaired) electrons. The second kappa shape index (κ2) is 9.31. The standard InChI is InChI=1S/C20H19N3O5/c1-2-16(27-15-11-7-4-8-12-15)19(25)26-13-17(24)21-20-23-22-18(28-20)14-9-5-3-6-10-14/h3-12,16H,2,13H2,1H3,(H,21,23,24)/t16-/m0/s1. The molecule has 0 spiro atoms. The number of aromatic nitrogens is 2. The van der Waals surface area contributed by atoms with E-state index in [1.807, 2.05) is 24.3 Å². The second-order valence-electron chi connectivity index (χ2n) is 5.76. The summed E-state index contributed by atoms with van der Waals surface area (Å²) in [5.74, 6) is -0.395. The van der Waals surface area contributed by atoms with Crippen LogP contribution in [-0.2, 0) is 14.3 Å². The number of nitrogens with zero attached hydrogens (tertiary/aromatic N) is 2. The van der Waals surface area contributed by atoms with Gasteiger partial charge in [0.15, 0.2) is 12.7 Å². The van der Waals surface area contributed by atoms with Gasteiger partial charge in [-0.15, -0.1) is 5.10 Å². The first-order valence-electron chi connectivity index (χ1n) is 8.73. The number of carbonyl (C=O) groups is 2. The van der Waals surface area contributed by atoms with Crippen LogP contribution in [0.15, 0.2) is 65.1 Å². The van der Waals surface area contributed by atoms with Crippen LogP contribution >= 0.6 is 0 Å². The van der Waals surface area contributed by atoms with Gasteiger partial charge in [-0.25, -0.2) is 4.79 Å². The van der Waals surface area contributed by atoms with Gasteiger partial charge in [-0.05, 0) is 30.7 Å². The Kier molecular flexibility index (Phi) is 6.35. The molecule has 1 atom stereocenters. The van der Waals surface area contributed by atoms with Gasteiger partial charge in [0.2, 0.25) is 5.89 Å². The average Bonchev–Trinajstić information content (AvgIpc) is 3.20. The largest absolute Gasteiger partial charge is 0.479 e. The van der Waals surface area contributed by atoms with Gasteiger partial charge in [0.1, 0.15) is 5.75 Å². The van der Waals surface area contributed by atoms with E-state index in [-0.39, 0.29) is 11.9 Å². The molecule has 28 heavy (non-hydrogen) atoms. The summed E-state index contributed by atoms with van der Waals surface area (Å²) in [4.78, 5) is 24.1. The fourth-order valence-electron chi connectivity index (χ4n) is 2.32. The lowest BCUT2D eigenvalue weighted by Crippen LogP contribution is -2.31. The monoisotopic (exact) mass is 381 g/mol. The van der Waals surface area contributed by atoms with E-state index in [9.17, 15) is 9.59 Å². The van der Waals surface area contributed by atoms with E-state index in [4.69, 9.17) is 13.9 Å². The van der Waals surface area contributed by atoms with Crippen LogP contribution in [0.3, 0.4) is 0 Å². The lowest BCUT2D eigenvalue weighted by molar-refractivity contribution is -0.154. The zero-order valence-electron chi connectivity index (χ0n) is 15.2. The number of carbonyl (C=O) groups excluding carboxylic acids is 2. The van der Waals surface area contributed by atoms with Crippen molar-refractivity contribution < 1.29 is 23.5 Å². The molecule has 0 bridgehead atoms. The Morgan fingerprint density at radius 3 is 2.39 bits per heavy atom. The zero-order chi connectivity index (χ0) is 19.8. The Morgan fingerprint density at radius 1 is 1.04 bits per heavy atom. The summed E-state index contributed by atoms with van der Waals surface area (Å²) >= 11 is 0. The van der Waals surface area contributed by atoms with Gasteiger partial charge >= 0.3 is 12.0 Å². The first kappa shape index (κ1) is 19.1. The SMILES string of the molecule is CC[C@H](Oc1ccccc1)C(=O)OCC(=O)Nc1nnc(-c2ccccc2)o1. The van der Waals surface area contributed by atoms with Crippen molar-refractivity contribution in [2.75, 3.05) is 11.9 Å². The van der Waals surface area contributed by atoms with Crippen LogP contribution in [0.4, 0.5) is 6.01 Å². The minimum Gasteiger partial charge on any atom is -0.479 e. The number of para-hydroxylation sites is 1. The van der Waals surface area contributed by atoms with Crippen molar-refractivity contribution in [3.05, 3.63) is 60.7 Å². The molecule has 1 heterocycles. The first-order valence-corrected chi connectivity index (χ1v) is 8.73. The van der Waals surface area contributed by atoms with Gasteiger partial charge in [-0.3, -0.25) is 10.1 Å². The predicted octanol–water partition coefficient (Wildman–Crippen LogP) is 3.08. The summed E-state index contributed by atoms with van der Waals surface area (Å²) < 4.78 is 16.0. The van der Waals surface area contributed by atoms with Crippen LogP contribution in [0, 0.1) is 0 Å². The smallest absolute Gasteiger partial charge is 0.347 e. The van der Waals surface area contributed by atoms with Gasteiger partial charge in [0.05, 0.1) is 0 Å². The van der Waals surface area contributed by atoms with Gasteiger partial charge in [0, 0.05) is 5.56 Å². The first-order chi connectivity index (χ1) is 13.7. The molecule has 1 N–H and O–H groups in total. The number of nitrogens with one attached hydrogen (secondary N) is 1. The summed E-state index contributed by atoms with van der Waals surface area (Å²) in [6, 6.07) is 18.0. The summed E-state index contributed by atoms with van der Waals surface area (Å²) in [5, 5.41) is 10.0. The predicted molar refractivity (Wildman–Crippen MR) is 100 cm³/mol. The van der Waals surface area contributed by atoms with Crippen molar-refractivity contribution in [2.24, 2.45) is 0 Å². The molecule has 0 unspecified atom stereocenters. The van der Waals surface area contributed by atoms with Crippen molar-refractivity contribution in [3.63, 3.8) is 0 Å². The van der Waals surface area contributed by atoms with E-state index in [1.54, 1.807) is 43.3 Å². The van der Waals surface area contributed by atoms with Gasteiger partial charge in [-0.1, -0.05) is 48.4 Å². The van der Waals surface area contributed by atoms with Crippen LogP contribution < -0.4 is 10.1 Å². The minimum atomic E-state index is -0.803. The highest BCUT2D eigenvalue weighted by atomic mass is 16.6. The maximum absolute atomic E-state index is 12.1. The molecule has 8 heteroatoms. The maximum atomic E-state index is 12.1. The van der Waals surface area contributed by atoms with E-state index < -0.39 is 24.6 Å². The van der Waals surface area contributed by atoms with Gasteiger partial charge in [-0.2, -0.15) is 0 Å². The van der Waals surface area contributed by atoms with Crippen LogP contribution in [0.2, 0.25) is 0 Å². The number of rotatable bonds is 8. The van der Waals surface area contributed by atoms with Crippen molar-refractivity contribution in [3.8, 4) is 17.2 Å². The molecule has 0 aliphatic rings. The molecule has 1 aromatic heterocycles. The maximum Gasteiger partial charge on any atom is 0.347 e. The van der Waals surface area contributed by atoms with Crippen molar-refractivity contribution in [1.29, 1.82) is 0 Å². The second-order valence-corrected chi connectivity index (χ2v) is 5.76. The van der Waals surface area contributed by atoms with Crippen LogP contribution in [0.1, 0.15) is 13.3 Å². The zero-order valence-corrected chi connectivity index (χ0v) is 15.2. The summed E-state index contributed by atoms with van der Waals surface area (Å²) in [7, 11) is 0. The Hall–Kier alpha value is -3.68. The van der Waals surface area contributed by atoms with Gasteiger partial charge in [0.25, 0.3) is 5.91 Å². The molecule has 3 rings (SSSR count). The number of ether oxygens (including phenoxy) is 2. The van der Waals surface area contributed by atoms with Crippen molar-refractivity contribution >= 4 is 17.9 Å². The third kappa shape index (κ3) is 5.16. The fraction of sp³-hybridized carbons (Fsp3) is 0.200. The number of esters is 1. The third-order valence-corrected chi connectivity index (χ3v) is 3.69. The molecule has 0 aliphatic carbocycles. The van der Waals surface area contributed by atoms with E-state index >= 15 is 0 Å². The molecule has 3 aromatic rings. The quantitative estimate of drug-likeness (QED) is 0.598. The van der Waals surface area contributed by atoms with Gasteiger partial charge < -0.3 is 13.9 Å². The lowest BCUT2D eigenvalue weighted by Gasteiger charge is -2.16. The normalized spacial score (nSPS) is 11.5. The molecule has 144 valence electrons. The average molecular weight is 381 g/mol. The molecule has 1 amide bonds. The topological polar surface area (TPSA) is 104 Å². The Bertz CT molecular complexity index is 912. The minimum absolute atomic E-state index is 0.0764. The summed E-state index contributed by atoms with van der Waals surface area (Å²) in [6.45, 7) is 1.30. The summed E-state index contributed by atoms with van der Waals surface area (Å²) in [6.07, 6.45) is -0.400. The van der Waals surface area contributed by atoms with Crippen LogP contribution in [-0.4, -0.2) is 34.8 Å². The number of anilines is 1. The summed E-state index contributed by atoms with van der Waals surface area (Å²) in [5.41, 5.74) is 0.728. The van der Waals surface area contributed by atoms with Crippen molar-refractivity contribution in [2.45, 2.75) is 19.4 Å². The molecule has 0 aliphatic heterocycles. The molecule has 0 saturated heterocycles. The van der Waals surface area contributed by atoms with E-state index in [1.165, 1.54) is 0 Å². The highest BCUT2D eigenvalue weighted by Crippen LogP contribution is 2.19. The molecular weight excluding hydrogens is 362 g/mol. The Labute approximate surface area is 161 Å². The fourth-order valence-corrected chi connectivity index (χ4v) is 2.32. The highest BCUT2D eigenvalue weighted by Gasteiger charge is 2.21. The number of amides is 1. The van der Waals surface area contributed by atoms with E-state index in [0.29, 0.717) is 12.2 Å². The third-order valence-electron chi connectivity index (χ3n) is 3.69. The Morgan fingerprint density at radius 2 is 1.71 bits per heavy atom. The lowest BCUT2D eigenvalue weighted by atomic mass is 10.2. The number of hydrogen-bond acceptors (Lipinski definition) is 7. The van der Waals surface area contributed by atoms with Crippen LogP contribution in [0.5, 0.6) is 5.75 Å². The highest BCUT2D eigenvalue weighted by molar-refractivity contribution is 5.91. The van der Waals surface area contributed by atoms with E-state index in [2.05, 4.69) is 15.5 Å². The molecule has 2 aromatic carbocycles. The number of benzene rings is 2. The molecule has 8 nitrogen and oxygen atoms in total. The van der Waals surface area contributed by atoms with E-state index in [0.717, 1.165) is 5.56 Å². The molecule has 0 saturated carbocycles. The van der Waals surface area contributed by atoms with Crippen molar-refractivity contribution in [1.82, 2.24) is 10.2 Å².